The van der Waals surface area contributed by atoms with Crippen molar-refractivity contribution in [3.05, 3.63) is 99.8 Å². The molecule has 0 bridgehead atoms. The van der Waals surface area contributed by atoms with E-state index in [1.165, 1.54) is 5.56 Å². The lowest BCUT2D eigenvalue weighted by Crippen LogP contribution is -2.25. The van der Waals surface area contributed by atoms with Gasteiger partial charge in [-0.15, -0.1) is 0 Å². The topological polar surface area (TPSA) is 67.4 Å². The fourth-order valence-corrected chi connectivity index (χ4v) is 3.13. The Morgan fingerprint density at radius 1 is 1.07 bits per heavy atom. The van der Waals surface area contributed by atoms with Crippen molar-refractivity contribution >= 4 is 35.2 Å². The van der Waals surface area contributed by atoms with E-state index in [2.05, 4.69) is 10.6 Å². The number of anilines is 1. The molecule has 6 heteroatoms. The highest BCUT2D eigenvalue weighted by molar-refractivity contribution is 6.30. The molecule has 0 radical (unpaired) electrons. The second kappa shape index (κ2) is 8.43. The van der Waals surface area contributed by atoms with Gasteiger partial charge in [0.1, 0.15) is 0 Å². The Kier molecular flexibility index (Phi) is 5.55. The van der Waals surface area contributed by atoms with Crippen LogP contribution in [0, 0.1) is 6.92 Å². The molecule has 0 aliphatic carbocycles. The summed E-state index contributed by atoms with van der Waals surface area (Å²) in [5.74, 6) is 0.0380. The average Bonchev–Trinajstić information content (AvgIpc) is 2.75. The van der Waals surface area contributed by atoms with Gasteiger partial charge in [0.25, 0.3) is 11.8 Å². The molecule has 3 aromatic carbocycles. The smallest absolute Gasteiger partial charge is 0.291 e. The fourth-order valence-electron chi connectivity index (χ4n) is 3.00. The van der Waals surface area contributed by atoms with Crippen LogP contribution in [0.15, 0.2) is 72.5 Å². The van der Waals surface area contributed by atoms with Gasteiger partial charge in [0.05, 0.1) is 5.69 Å². The number of rotatable bonds is 4. The summed E-state index contributed by atoms with van der Waals surface area (Å²) in [6.45, 7) is 2.44. The van der Waals surface area contributed by atoms with Crippen molar-refractivity contribution in [3.63, 3.8) is 0 Å². The number of benzene rings is 3. The van der Waals surface area contributed by atoms with Gasteiger partial charge in [-0.25, -0.2) is 0 Å². The predicted molar refractivity (Wildman–Crippen MR) is 117 cm³/mol. The Hall–Kier alpha value is -3.57. The maximum Gasteiger partial charge on any atom is 0.291 e. The van der Waals surface area contributed by atoms with Gasteiger partial charge in [-0.05, 0) is 54.5 Å². The molecule has 4 rings (SSSR count). The summed E-state index contributed by atoms with van der Waals surface area (Å²) in [5, 5.41) is 6.28. The van der Waals surface area contributed by atoms with Crippen LogP contribution in [0.5, 0.6) is 5.75 Å². The largest absolute Gasteiger partial charge is 0.449 e. The highest BCUT2D eigenvalue weighted by atomic mass is 35.5. The van der Waals surface area contributed by atoms with E-state index in [-0.39, 0.29) is 17.6 Å². The second-order valence-corrected chi connectivity index (χ2v) is 7.43. The van der Waals surface area contributed by atoms with Gasteiger partial charge >= 0.3 is 0 Å². The lowest BCUT2D eigenvalue weighted by molar-refractivity contribution is -0.115. The number of ether oxygens (including phenoxy) is 1. The van der Waals surface area contributed by atoms with Crippen LogP contribution < -0.4 is 15.4 Å². The number of nitrogens with one attached hydrogen (secondary N) is 2. The molecular weight excluding hydrogens is 400 g/mol. The van der Waals surface area contributed by atoms with Gasteiger partial charge in [0, 0.05) is 17.1 Å². The minimum atomic E-state index is -0.380. The van der Waals surface area contributed by atoms with Crippen molar-refractivity contribution in [1.82, 2.24) is 5.32 Å². The second-order valence-electron chi connectivity index (χ2n) is 7.00. The van der Waals surface area contributed by atoms with Crippen molar-refractivity contribution in [1.29, 1.82) is 0 Å². The van der Waals surface area contributed by atoms with Gasteiger partial charge in [-0.2, -0.15) is 0 Å². The molecule has 150 valence electrons. The Bertz CT molecular complexity index is 1140. The highest BCUT2D eigenvalue weighted by Gasteiger charge is 2.23. The Morgan fingerprint density at radius 3 is 2.53 bits per heavy atom. The van der Waals surface area contributed by atoms with E-state index in [1.807, 2.05) is 31.2 Å². The summed E-state index contributed by atoms with van der Waals surface area (Å²) < 4.78 is 5.74. The number of hydrogen-bond donors (Lipinski definition) is 2. The maximum absolute atomic E-state index is 12.5. The lowest BCUT2D eigenvalue weighted by Gasteiger charge is -2.20. The molecule has 0 fully saturated rings. The van der Waals surface area contributed by atoms with Crippen LogP contribution >= 0.6 is 11.6 Å². The number of hydrogen-bond acceptors (Lipinski definition) is 3. The van der Waals surface area contributed by atoms with E-state index in [0.717, 1.165) is 11.1 Å². The molecule has 1 aliphatic rings. The lowest BCUT2D eigenvalue weighted by atomic mass is 10.1. The molecule has 1 heterocycles. The van der Waals surface area contributed by atoms with Crippen molar-refractivity contribution in [2.75, 3.05) is 5.32 Å². The normalized spacial score (nSPS) is 13.9. The number of carbonyl (C=O) groups is 2. The zero-order chi connectivity index (χ0) is 21.1. The maximum atomic E-state index is 12.5. The minimum Gasteiger partial charge on any atom is -0.449 e. The molecule has 0 unspecified atom stereocenters. The van der Waals surface area contributed by atoms with Crippen molar-refractivity contribution in [2.24, 2.45) is 0 Å². The highest BCUT2D eigenvalue weighted by Crippen LogP contribution is 2.32. The van der Waals surface area contributed by atoms with Crippen molar-refractivity contribution in [2.45, 2.75) is 13.5 Å². The zero-order valence-corrected chi connectivity index (χ0v) is 17.0. The minimum absolute atomic E-state index is 0.168. The van der Waals surface area contributed by atoms with Gasteiger partial charge in [0.15, 0.2) is 11.5 Å². The fraction of sp³-hybridized carbons (Fsp3) is 0.0833. The van der Waals surface area contributed by atoms with E-state index in [1.54, 1.807) is 48.5 Å². The molecular formula is C24H19ClN2O3. The molecule has 0 saturated heterocycles. The first-order valence-corrected chi connectivity index (χ1v) is 9.80. The van der Waals surface area contributed by atoms with E-state index in [0.29, 0.717) is 28.6 Å². The van der Waals surface area contributed by atoms with Gasteiger partial charge in [-0.1, -0.05) is 53.6 Å². The van der Waals surface area contributed by atoms with Crippen LogP contribution in [-0.4, -0.2) is 11.8 Å². The number of aryl methyl sites for hydroxylation is 1. The molecule has 0 aromatic heterocycles. The summed E-state index contributed by atoms with van der Waals surface area (Å²) in [6.07, 6.45) is 1.64. The molecule has 5 nitrogen and oxygen atoms in total. The van der Waals surface area contributed by atoms with Gasteiger partial charge in [0.2, 0.25) is 0 Å². The molecule has 30 heavy (non-hydrogen) atoms. The first-order valence-electron chi connectivity index (χ1n) is 9.42. The summed E-state index contributed by atoms with van der Waals surface area (Å²) in [4.78, 5) is 24.9. The first kappa shape index (κ1) is 19.7. The molecule has 1 aliphatic heterocycles. The predicted octanol–water partition coefficient (Wildman–Crippen LogP) is 4.95. The van der Waals surface area contributed by atoms with Crippen LogP contribution in [0.1, 0.15) is 27.0 Å². The van der Waals surface area contributed by atoms with Crippen molar-refractivity contribution < 1.29 is 14.3 Å². The van der Waals surface area contributed by atoms with Crippen LogP contribution in [0.25, 0.3) is 6.08 Å². The Balaban J connectivity index is 1.47. The first-order chi connectivity index (χ1) is 14.5. The summed E-state index contributed by atoms with van der Waals surface area (Å²) in [7, 11) is 0. The van der Waals surface area contributed by atoms with E-state index in [9.17, 15) is 9.59 Å². The number of amides is 2. The van der Waals surface area contributed by atoms with Gasteiger partial charge < -0.3 is 15.4 Å². The SMILES string of the molecule is Cc1ccc(CNC(=O)c2ccc3c(c2)NC(=O)/C(=C\c2ccc(Cl)cc2)O3)cc1. The van der Waals surface area contributed by atoms with Crippen molar-refractivity contribution in [3.8, 4) is 5.75 Å². The van der Waals surface area contributed by atoms with E-state index in [4.69, 9.17) is 16.3 Å². The van der Waals surface area contributed by atoms with E-state index < -0.39 is 0 Å². The Labute approximate surface area is 179 Å². The molecule has 2 N–H and O–H groups in total. The van der Waals surface area contributed by atoms with Crippen LogP contribution in [-0.2, 0) is 11.3 Å². The molecule has 2 amide bonds. The summed E-state index contributed by atoms with van der Waals surface area (Å²) in [6, 6.07) is 20.0. The van der Waals surface area contributed by atoms with Crippen LogP contribution in [0.4, 0.5) is 5.69 Å². The quantitative estimate of drug-likeness (QED) is 0.589. The molecule has 0 saturated carbocycles. The molecule has 0 spiro atoms. The Morgan fingerprint density at radius 2 is 1.80 bits per heavy atom. The van der Waals surface area contributed by atoms with E-state index >= 15 is 0 Å². The number of fused-ring (bicyclic) bond motifs is 1. The number of carbonyl (C=O) groups excluding carboxylic acids is 2. The van der Waals surface area contributed by atoms with Crippen LogP contribution in [0.2, 0.25) is 5.02 Å². The summed E-state index contributed by atoms with van der Waals surface area (Å²) >= 11 is 5.89. The average molecular weight is 419 g/mol. The number of halogens is 1. The van der Waals surface area contributed by atoms with Gasteiger partial charge in [-0.3, -0.25) is 9.59 Å². The standard InChI is InChI=1S/C24H19ClN2O3/c1-15-2-4-17(5-3-15)14-26-23(28)18-8-11-21-20(13-18)27-24(29)22(30-21)12-16-6-9-19(25)10-7-16/h2-13H,14H2,1H3,(H,26,28)(H,27,29)/b22-12+. The zero-order valence-electron chi connectivity index (χ0n) is 16.2. The molecule has 0 atom stereocenters. The third-order valence-electron chi connectivity index (χ3n) is 4.68. The third-order valence-corrected chi connectivity index (χ3v) is 4.93. The monoisotopic (exact) mass is 418 g/mol. The molecule has 3 aromatic rings. The summed E-state index contributed by atoms with van der Waals surface area (Å²) in [5.41, 5.74) is 3.87. The van der Waals surface area contributed by atoms with Crippen LogP contribution in [0.3, 0.4) is 0 Å². The third kappa shape index (κ3) is 4.53.